The van der Waals surface area contributed by atoms with E-state index in [4.69, 9.17) is 0 Å². The number of hydrogen-bond donors (Lipinski definition) is 1. The molecule has 1 N–H and O–H groups in total. The van der Waals surface area contributed by atoms with Crippen molar-refractivity contribution in [3.63, 3.8) is 0 Å². The van der Waals surface area contributed by atoms with Crippen LogP contribution < -0.4 is 0 Å². The van der Waals surface area contributed by atoms with Gasteiger partial charge in [0.15, 0.2) is 5.65 Å². The first-order valence-corrected chi connectivity index (χ1v) is 11.4. The molecule has 1 saturated heterocycles. The highest BCUT2D eigenvalue weighted by Crippen LogP contribution is 2.33. The molecule has 10 heteroatoms. The molecule has 0 spiro atoms. The highest BCUT2D eigenvalue weighted by Gasteiger charge is 2.29. The van der Waals surface area contributed by atoms with E-state index in [1.165, 1.54) is 15.1 Å². The molecule has 0 saturated carbocycles. The Bertz CT molecular complexity index is 1410. The fourth-order valence-corrected chi connectivity index (χ4v) is 5.57. The van der Waals surface area contributed by atoms with Crippen molar-refractivity contribution in [2.75, 3.05) is 13.1 Å². The minimum absolute atomic E-state index is 0.0579. The average Bonchev–Trinajstić information content (AvgIpc) is 3.38. The molecule has 1 aliphatic rings. The number of fused-ring (bicyclic) bond motifs is 3. The summed E-state index contributed by atoms with van der Waals surface area (Å²) in [7, 11) is -3.81. The molecule has 1 atom stereocenters. The number of amides is 1. The Morgan fingerprint density at radius 3 is 2.61 bits per heavy atom. The minimum Gasteiger partial charge on any atom is -0.465 e. The summed E-state index contributed by atoms with van der Waals surface area (Å²) < 4.78 is 29.4. The third kappa shape index (κ3) is 3.14. The van der Waals surface area contributed by atoms with Gasteiger partial charge in [-0.05, 0) is 38.0 Å². The highest BCUT2D eigenvalue weighted by molar-refractivity contribution is 7.90. The van der Waals surface area contributed by atoms with E-state index in [9.17, 15) is 18.3 Å². The molecule has 1 aromatic carbocycles. The lowest BCUT2D eigenvalue weighted by Gasteiger charge is -2.30. The first kappa shape index (κ1) is 19.6. The Hall–Kier alpha value is -3.40. The Morgan fingerprint density at radius 1 is 1.13 bits per heavy atom. The molecular formula is C21H21N5O4S. The predicted octanol–water partition coefficient (Wildman–Crippen LogP) is 3.09. The summed E-state index contributed by atoms with van der Waals surface area (Å²) in [6, 6.07) is 8.42. The number of likely N-dealkylation sites (tertiary alicyclic amines) is 1. The molecule has 1 unspecified atom stereocenters. The molecule has 4 heterocycles. The summed E-state index contributed by atoms with van der Waals surface area (Å²) in [4.78, 5) is 22.0. The van der Waals surface area contributed by atoms with Gasteiger partial charge in [0.2, 0.25) is 0 Å². The smallest absolute Gasteiger partial charge is 0.407 e. The average molecular weight is 439 g/mol. The maximum atomic E-state index is 13.2. The number of hydrogen-bond acceptors (Lipinski definition) is 5. The number of rotatable bonds is 3. The van der Waals surface area contributed by atoms with E-state index in [1.54, 1.807) is 47.4 Å². The van der Waals surface area contributed by atoms with Gasteiger partial charge in [-0.3, -0.25) is 4.40 Å². The maximum Gasteiger partial charge on any atom is 0.407 e. The van der Waals surface area contributed by atoms with Crippen LogP contribution in [0.15, 0.2) is 54.1 Å². The number of imidazole rings is 1. The normalized spacial score (nSPS) is 17.5. The van der Waals surface area contributed by atoms with Crippen LogP contribution in [0.3, 0.4) is 0 Å². The van der Waals surface area contributed by atoms with E-state index in [0.717, 1.165) is 29.6 Å². The summed E-state index contributed by atoms with van der Waals surface area (Å²) in [5, 5.41) is 10.0. The van der Waals surface area contributed by atoms with Gasteiger partial charge in [0.1, 0.15) is 12.7 Å². The SMILES string of the molecule is Cc1ccc(S(=O)(=O)n2ccc3c2ncn2cnc(C4CCCN(C(=O)O)C4)c32)cc1. The van der Waals surface area contributed by atoms with Crippen LogP contribution in [-0.2, 0) is 10.0 Å². The molecule has 31 heavy (non-hydrogen) atoms. The van der Waals surface area contributed by atoms with Gasteiger partial charge in [-0.15, -0.1) is 0 Å². The van der Waals surface area contributed by atoms with Gasteiger partial charge in [0.05, 0.1) is 16.1 Å². The van der Waals surface area contributed by atoms with E-state index >= 15 is 0 Å². The van der Waals surface area contributed by atoms with Crippen LogP contribution >= 0.6 is 0 Å². The molecule has 0 radical (unpaired) electrons. The van der Waals surface area contributed by atoms with E-state index < -0.39 is 16.1 Å². The molecule has 5 rings (SSSR count). The van der Waals surface area contributed by atoms with Gasteiger partial charge in [0.25, 0.3) is 10.0 Å². The van der Waals surface area contributed by atoms with Crippen LogP contribution in [0.4, 0.5) is 4.79 Å². The van der Waals surface area contributed by atoms with Gasteiger partial charge < -0.3 is 10.0 Å². The van der Waals surface area contributed by atoms with Crippen LogP contribution in [0.1, 0.15) is 30.0 Å². The summed E-state index contributed by atoms with van der Waals surface area (Å²) >= 11 is 0. The number of piperidine rings is 1. The minimum atomic E-state index is -3.81. The molecule has 1 amide bonds. The molecule has 9 nitrogen and oxygen atoms in total. The number of nitrogens with zero attached hydrogens (tertiary/aromatic N) is 5. The maximum absolute atomic E-state index is 13.2. The van der Waals surface area contributed by atoms with Gasteiger partial charge in [-0.25, -0.2) is 27.2 Å². The Kier molecular flexibility index (Phi) is 4.47. The molecule has 1 fully saturated rings. The number of benzene rings is 1. The van der Waals surface area contributed by atoms with E-state index in [-0.39, 0.29) is 10.8 Å². The zero-order chi connectivity index (χ0) is 21.8. The summed E-state index contributed by atoms with van der Waals surface area (Å²) in [5.74, 6) is -0.0579. The summed E-state index contributed by atoms with van der Waals surface area (Å²) in [6.07, 6.45) is 5.34. The highest BCUT2D eigenvalue weighted by atomic mass is 32.2. The summed E-state index contributed by atoms with van der Waals surface area (Å²) in [6.45, 7) is 2.78. The lowest BCUT2D eigenvalue weighted by Crippen LogP contribution is -2.38. The monoisotopic (exact) mass is 439 g/mol. The Labute approximate surface area is 178 Å². The van der Waals surface area contributed by atoms with Crippen molar-refractivity contribution in [2.45, 2.75) is 30.6 Å². The van der Waals surface area contributed by atoms with E-state index in [0.29, 0.717) is 24.1 Å². The third-order valence-corrected chi connectivity index (χ3v) is 7.54. The van der Waals surface area contributed by atoms with Gasteiger partial charge >= 0.3 is 6.09 Å². The second-order valence-electron chi connectivity index (χ2n) is 7.86. The zero-order valence-electron chi connectivity index (χ0n) is 16.8. The first-order valence-electron chi connectivity index (χ1n) is 9.99. The third-order valence-electron chi connectivity index (χ3n) is 5.86. The van der Waals surface area contributed by atoms with Crippen LogP contribution in [0.2, 0.25) is 0 Å². The van der Waals surface area contributed by atoms with Gasteiger partial charge in [-0.2, -0.15) is 0 Å². The lowest BCUT2D eigenvalue weighted by atomic mass is 9.94. The zero-order valence-corrected chi connectivity index (χ0v) is 17.7. The first-order chi connectivity index (χ1) is 14.9. The molecule has 4 aromatic rings. The van der Waals surface area contributed by atoms with Gasteiger partial charge in [-0.1, -0.05) is 17.7 Å². The van der Waals surface area contributed by atoms with Crippen molar-refractivity contribution < 1.29 is 18.3 Å². The van der Waals surface area contributed by atoms with Crippen molar-refractivity contribution in [3.05, 3.63) is 60.4 Å². The topological polar surface area (TPSA) is 110 Å². The van der Waals surface area contributed by atoms with E-state index in [2.05, 4.69) is 9.97 Å². The largest absolute Gasteiger partial charge is 0.465 e. The van der Waals surface area contributed by atoms with Crippen LogP contribution in [0, 0.1) is 6.92 Å². The van der Waals surface area contributed by atoms with Crippen molar-refractivity contribution in [1.29, 1.82) is 0 Å². The molecule has 160 valence electrons. The predicted molar refractivity (Wildman–Crippen MR) is 114 cm³/mol. The van der Waals surface area contributed by atoms with Crippen molar-refractivity contribution in [1.82, 2.24) is 23.2 Å². The second kappa shape index (κ2) is 7.09. The summed E-state index contributed by atoms with van der Waals surface area (Å²) in [5.41, 5.74) is 2.83. The molecule has 3 aromatic heterocycles. The number of aromatic nitrogens is 4. The Morgan fingerprint density at radius 2 is 1.87 bits per heavy atom. The Balaban J connectivity index is 1.64. The number of carboxylic acid groups (broad SMARTS) is 1. The quantitative estimate of drug-likeness (QED) is 0.525. The lowest BCUT2D eigenvalue weighted by molar-refractivity contribution is 0.130. The fraction of sp³-hybridized carbons (Fsp3) is 0.286. The number of aryl methyl sites for hydroxylation is 1. The number of carbonyl (C=O) groups is 1. The van der Waals surface area contributed by atoms with Crippen molar-refractivity contribution in [3.8, 4) is 0 Å². The van der Waals surface area contributed by atoms with Crippen LogP contribution in [0.5, 0.6) is 0 Å². The van der Waals surface area contributed by atoms with Crippen molar-refractivity contribution >= 4 is 32.7 Å². The van der Waals surface area contributed by atoms with Crippen LogP contribution in [0.25, 0.3) is 16.6 Å². The second-order valence-corrected chi connectivity index (χ2v) is 9.68. The molecule has 0 aliphatic carbocycles. The van der Waals surface area contributed by atoms with E-state index in [1.807, 2.05) is 6.92 Å². The van der Waals surface area contributed by atoms with Crippen molar-refractivity contribution in [2.24, 2.45) is 0 Å². The molecule has 1 aliphatic heterocycles. The van der Waals surface area contributed by atoms with Crippen LogP contribution in [-0.4, -0.2) is 55.9 Å². The standard InChI is InChI=1S/C21H21N5O4S/c1-14-4-6-16(7-5-14)31(29,30)26-10-8-17-19-18(22-12-25(19)13-23-20(17)26)15-3-2-9-24(11-15)21(27)28/h4-8,10,12-13,15H,2-3,9,11H2,1H3,(H,27,28). The fourth-order valence-electron chi connectivity index (χ4n) is 4.27. The molecular weight excluding hydrogens is 418 g/mol. The van der Waals surface area contributed by atoms with Gasteiger partial charge in [0, 0.05) is 30.6 Å². The molecule has 0 bridgehead atoms.